The topological polar surface area (TPSA) is 145 Å². The Morgan fingerprint density at radius 2 is 1.58 bits per heavy atom. The highest BCUT2D eigenvalue weighted by Crippen LogP contribution is 2.15. The summed E-state index contributed by atoms with van der Waals surface area (Å²) in [5, 5.41) is 3.13. The van der Waals surface area contributed by atoms with Gasteiger partial charge in [0.05, 0.1) is 19.4 Å². The Labute approximate surface area is 210 Å². The average molecular weight is 507 g/mol. The average Bonchev–Trinajstić information content (AvgIpc) is 3.14. The predicted molar refractivity (Wildman–Crippen MR) is 124 cm³/mol. The summed E-state index contributed by atoms with van der Waals surface area (Å²) < 4.78 is 10.8. The molecule has 1 N–H and O–H groups in total. The van der Waals surface area contributed by atoms with E-state index in [0.29, 0.717) is 24.5 Å². The van der Waals surface area contributed by atoms with Crippen LogP contribution in [0.2, 0.25) is 0 Å². The molecule has 1 heterocycles. The fourth-order valence-electron chi connectivity index (χ4n) is 3.55. The number of imide groups is 1. The van der Waals surface area contributed by atoms with Gasteiger partial charge in [-0.25, -0.2) is 4.79 Å². The van der Waals surface area contributed by atoms with E-state index in [0.717, 1.165) is 25.7 Å². The summed E-state index contributed by atoms with van der Waals surface area (Å²) in [4.78, 5) is 74.9. The van der Waals surface area contributed by atoms with Crippen molar-refractivity contribution in [1.29, 1.82) is 0 Å². The molecule has 1 aliphatic carbocycles. The van der Waals surface area contributed by atoms with Crippen molar-refractivity contribution in [2.75, 3.05) is 19.8 Å². The van der Waals surface area contributed by atoms with Crippen molar-refractivity contribution in [3.05, 3.63) is 0 Å². The maximum absolute atomic E-state index is 12.0. The maximum atomic E-state index is 12.0. The maximum Gasteiger partial charge on any atom is 0.333 e. The Bertz CT molecular complexity index is 858. The van der Waals surface area contributed by atoms with Gasteiger partial charge in [-0.3, -0.25) is 24.0 Å². The number of nitrogens with zero attached hydrogens (tertiary/aromatic N) is 1. The van der Waals surface area contributed by atoms with Crippen LogP contribution in [0.1, 0.15) is 83.5 Å². The highest BCUT2D eigenvalue weighted by Gasteiger charge is 2.32. The van der Waals surface area contributed by atoms with Crippen LogP contribution in [0.25, 0.3) is 0 Å². The van der Waals surface area contributed by atoms with Gasteiger partial charge < -0.3 is 19.6 Å². The molecular formula is C25H34N2O9. The van der Waals surface area contributed by atoms with Crippen LogP contribution in [-0.4, -0.2) is 66.4 Å². The lowest BCUT2D eigenvalue weighted by Crippen LogP contribution is -2.32. The first-order valence-corrected chi connectivity index (χ1v) is 12.4. The lowest BCUT2D eigenvalue weighted by molar-refractivity contribution is -0.197. The zero-order valence-corrected chi connectivity index (χ0v) is 20.5. The normalized spacial score (nSPS) is 17.4. The molecule has 1 aliphatic heterocycles. The number of nitrogens with one attached hydrogen (secondary N) is 1. The zero-order valence-electron chi connectivity index (χ0n) is 20.5. The lowest BCUT2D eigenvalue weighted by atomic mass is 10.0. The molecule has 2 rings (SSSR count). The van der Waals surface area contributed by atoms with Crippen LogP contribution in [0.15, 0.2) is 0 Å². The molecule has 0 aromatic carbocycles. The molecule has 11 heteroatoms. The Kier molecular flexibility index (Phi) is 13.2. The molecule has 1 saturated heterocycles. The minimum atomic E-state index is -0.804. The van der Waals surface area contributed by atoms with Gasteiger partial charge >= 0.3 is 11.9 Å². The number of esters is 1. The Balaban J connectivity index is 1.42. The van der Waals surface area contributed by atoms with Crippen LogP contribution in [0.5, 0.6) is 0 Å². The first-order valence-electron chi connectivity index (χ1n) is 12.4. The molecule has 0 saturated carbocycles. The monoisotopic (exact) mass is 506 g/mol. The number of carbonyl (C=O) groups excluding carboxylic acids is 6. The van der Waals surface area contributed by atoms with Gasteiger partial charge in [0, 0.05) is 58.1 Å². The fraction of sp³-hybridized carbons (Fsp3) is 0.680. The fourth-order valence-corrected chi connectivity index (χ4v) is 3.55. The highest BCUT2D eigenvalue weighted by molar-refractivity contribution is 6.01. The molecular weight excluding hydrogens is 472 g/mol. The van der Waals surface area contributed by atoms with Gasteiger partial charge in [0.25, 0.3) is 11.8 Å². The van der Waals surface area contributed by atoms with Crippen molar-refractivity contribution in [1.82, 2.24) is 10.4 Å². The quantitative estimate of drug-likeness (QED) is 0.151. The minimum absolute atomic E-state index is 0.0143. The minimum Gasteiger partial charge on any atom is -0.462 e. The Morgan fingerprint density at radius 1 is 0.861 bits per heavy atom. The van der Waals surface area contributed by atoms with E-state index in [-0.39, 0.29) is 81.9 Å². The lowest BCUT2D eigenvalue weighted by Gasteiger charge is -2.17. The van der Waals surface area contributed by atoms with Gasteiger partial charge in [0.2, 0.25) is 5.91 Å². The first-order chi connectivity index (χ1) is 17.3. The molecule has 0 radical (unpaired) electrons. The summed E-state index contributed by atoms with van der Waals surface area (Å²) in [5.74, 6) is 3.36. The van der Waals surface area contributed by atoms with Crippen LogP contribution in [0.3, 0.4) is 0 Å². The van der Waals surface area contributed by atoms with Gasteiger partial charge in [0.15, 0.2) is 0 Å². The summed E-state index contributed by atoms with van der Waals surface area (Å²) in [6, 6.07) is 0. The van der Waals surface area contributed by atoms with Crippen LogP contribution in [-0.2, 0) is 43.1 Å². The summed E-state index contributed by atoms with van der Waals surface area (Å²) in [6.45, 7) is 0.849. The van der Waals surface area contributed by atoms with E-state index in [4.69, 9.17) is 14.3 Å². The van der Waals surface area contributed by atoms with Crippen molar-refractivity contribution in [2.45, 2.75) is 89.6 Å². The summed E-state index contributed by atoms with van der Waals surface area (Å²) >= 11 is 0. The van der Waals surface area contributed by atoms with Crippen molar-refractivity contribution in [3.8, 4) is 11.8 Å². The second kappa shape index (κ2) is 16.4. The van der Waals surface area contributed by atoms with Crippen molar-refractivity contribution >= 4 is 35.4 Å². The van der Waals surface area contributed by atoms with Crippen molar-refractivity contribution in [2.24, 2.45) is 0 Å². The number of hydrogen-bond donors (Lipinski definition) is 1. The van der Waals surface area contributed by atoms with E-state index in [1.54, 1.807) is 0 Å². The highest BCUT2D eigenvalue weighted by atomic mass is 16.7. The van der Waals surface area contributed by atoms with E-state index in [1.807, 2.05) is 0 Å². The van der Waals surface area contributed by atoms with Crippen molar-refractivity contribution < 1.29 is 43.1 Å². The number of Topliss-reactive ketones (excluding diaryl/α,β-unsaturated/α-hetero) is 1. The number of hydroxylamine groups is 2. The second-order valence-corrected chi connectivity index (χ2v) is 8.55. The summed E-state index contributed by atoms with van der Waals surface area (Å²) in [5.41, 5.74) is 0. The smallest absolute Gasteiger partial charge is 0.333 e. The number of rotatable bonds is 15. The van der Waals surface area contributed by atoms with Crippen LogP contribution >= 0.6 is 0 Å². The molecule has 36 heavy (non-hydrogen) atoms. The SMILES string of the molecule is O=C(CCCOCCNC(=O)CCC(=O)OC1CCC#CCCC1)CCC(=O)ON1C(=O)CCC1=O. The van der Waals surface area contributed by atoms with E-state index in [1.165, 1.54) is 0 Å². The summed E-state index contributed by atoms with van der Waals surface area (Å²) in [7, 11) is 0. The van der Waals surface area contributed by atoms with Crippen LogP contribution in [0.4, 0.5) is 0 Å². The number of amides is 3. The second-order valence-electron chi connectivity index (χ2n) is 8.55. The molecule has 0 aromatic heterocycles. The van der Waals surface area contributed by atoms with Gasteiger partial charge in [-0.2, -0.15) is 0 Å². The third-order valence-corrected chi connectivity index (χ3v) is 5.52. The van der Waals surface area contributed by atoms with Crippen LogP contribution < -0.4 is 5.32 Å². The molecule has 0 bridgehead atoms. The molecule has 3 amide bonds. The Hall–Kier alpha value is -3.26. The zero-order chi connectivity index (χ0) is 26.2. The summed E-state index contributed by atoms with van der Waals surface area (Å²) in [6.07, 6.45) is 4.31. The number of ether oxygens (including phenoxy) is 2. The van der Waals surface area contributed by atoms with Gasteiger partial charge in [0.1, 0.15) is 11.9 Å². The van der Waals surface area contributed by atoms with E-state index in [2.05, 4.69) is 17.2 Å². The van der Waals surface area contributed by atoms with Crippen LogP contribution in [0, 0.1) is 11.8 Å². The van der Waals surface area contributed by atoms with E-state index >= 15 is 0 Å². The van der Waals surface area contributed by atoms with Gasteiger partial charge in [-0.1, -0.05) is 0 Å². The van der Waals surface area contributed by atoms with Crippen molar-refractivity contribution in [3.63, 3.8) is 0 Å². The molecule has 198 valence electrons. The van der Waals surface area contributed by atoms with E-state index < -0.39 is 17.8 Å². The molecule has 1 atom stereocenters. The number of carbonyl (C=O) groups is 6. The van der Waals surface area contributed by atoms with Gasteiger partial charge in [-0.05, 0) is 25.7 Å². The Morgan fingerprint density at radius 3 is 2.36 bits per heavy atom. The standard InChI is InChI=1S/C25H34N2O9/c28-19(10-14-25(33)36-27-22(30)12-13-23(27)31)7-6-17-34-18-16-26-21(29)11-15-24(32)35-20-8-4-2-1-3-5-9-20/h20H,2,4-18H2,(H,26,29). The molecule has 11 nitrogen and oxygen atoms in total. The molecule has 1 fully saturated rings. The predicted octanol–water partition coefficient (Wildman–Crippen LogP) is 1.52. The van der Waals surface area contributed by atoms with Gasteiger partial charge in [-0.15, -0.1) is 16.9 Å². The number of ketones is 1. The number of hydrogen-bond acceptors (Lipinski definition) is 9. The molecule has 0 aromatic rings. The third kappa shape index (κ3) is 11.9. The van der Waals surface area contributed by atoms with E-state index in [9.17, 15) is 28.8 Å². The third-order valence-electron chi connectivity index (χ3n) is 5.52. The molecule has 1 unspecified atom stereocenters. The first kappa shape index (κ1) is 29.0. The molecule has 0 spiro atoms. The largest absolute Gasteiger partial charge is 0.462 e. The molecule has 2 aliphatic rings.